The maximum absolute atomic E-state index is 12.3. The van der Waals surface area contributed by atoms with Gasteiger partial charge >= 0.3 is 11.6 Å². The predicted octanol–water partition coefficient (Wildman–Crippen LogP) is 5.67. The molecule has 0 saturated heterocycles. The van der Waals surface area contributed by atoms with E-state index in [9.17, 15) is 9.59 Å². The van der Waals surface area contributed by atoms with Crippen molar-refractivity contribution in [3.8, 4) is 5.75 Å². The Bertz CT molecular complexity index is 924. The SMILES string of the molecule is CC.CC.CC(=O)Oc1ccc2c(C)c(Cc3ccccc3)c(=O)oc2c1. The summed E-state index contributed by atoms with van der Waals surface area (Å²) in [7, 11) is 0. The molecule has 1 aromatic heterocycles. The maximum atomic E-state index is 12.3. The second-order valence-electron chi connectivity index (χ2n) is 5.41. The number of carbonyl (C=O) groups excluding carboxylic acids is 1. The van der Waals surface area contributed by atoms with Crippen LogP contribution in [-0.4, -0.2) is 5.97 Å². The van der Waals surface area contributed by atoms with E-state index in [4.69, 9.17) is 9.15 Å². The number of carbonyl (C=O) groups is 1. The van der Waals surface area contributed by atoms with E-state index in [0.717, 1.165) is 16.5 Å². The highest BCUT2D eigenvalue weighted by Gasteiger charge is 2.13. The molecule has 0 bridgehead atoms. The first-order valence-electron chi connectivity index (χ1n) is 9.33. The maximum Gasteiger partial charge on any atom is 0.340 e. The summed E-state index contributed by atoms with van der Waals surface area (Å²) in [5, 5.41) is 0.839. The first kappa shape index (κ1) is 22.2. The number of aryl methyl sites for hydroxylation is 1. The molecule has 0 radical (unpaired) electrons. The van der Waals surface area contributed by atoms with Gasteiger partial charge in [0.1, 0.15) is 11.3 Å². The molecule has 3 aromatic rings. The molecule has 4 heteroatoms. The van der Waals surface area contributed by atoms with E-state index in [1.807, 2.05) is 65.0 Å². The molecule has 0 amide bonds. The van der Waals surface area contributed by atoms with Gasteiger partial charge in [-0.2, -0.15) is 0 Å². The van der Waals surface area contributed by atoms with Crippen molar-refractivity contribution in [3.63, 3.8) is 0 Å². The third-order valence-electron chi connectivity index (χ3n) is 3.74. The van der Waals surface area contributed by atoms with Crippen LogP contribution in [0.3, 0.4) is 0 Å². The van der Waals surface area contributed by atoms with Crippen molar-refractivity contribution in [2.24, 2.45) is 0 Å². The Hall–Kier alpha value is -2.88. The predicted molar refractivity (Wildman–Crippen MR) is 110 cm³/mol. The van der Waals surface area contributed by atoms with Gasteiger partial charge in [-0.25, -0.2) is 4.79 Å². The van der Waals surface area contributed by atoms with Crippen LogP contribution in [0.25, 0.3) is 11.0 Å². The van der Waals surface area contributed by atoms with E-state index >= 15 is 0 Å². The second-order valence-corrected chi connectivity index (χ2v) is 5.41. The number of hydrogen-bond donors (Lipinski definition) is 0. The van der Waals surface area contributed by atoms with Gasteiger partial charge in [-0.1, -0.05) is 58.0 Å². The minimum absolute atomic E-state index is 0.362. The third kappa shape index (κ3) is 5.81. The molecule has 3 rings (SSSR count). The summed E-state index contributed by atoms with van der Waals surface area (Å²) in [5.41, 5.74) is 2.64. The van der Waals surface area contributed by atoms with Crippen LogP contribution in [0.4, 0.5) is 0 Å². The summed E-state index contributed by atoms with van der Waals surface area (Å²) < 4.78 is 10.4. The van der Waals surface area contributed by atoms with Gasteiger partial charge in [-0.15, -0.1) is 0 Å². The molecular weight excluding hydrogens is 340 g/mol. The number of benzene rings is 2. The van der Waals surface area contributed by atoms with Crippen LogP contribution >= 0.6 is 0 Å². The van der Waals surface area contributed by atoms with E-state index in [0.29, 0.717) is 23.3 Å². The lowest BCUT2D eigenvalue weighted by atomic mass is 10.00. The molecule has 27 heavy (non-hydrogen) atoms. The van der Waals surface area contributed by atoms with Gasteiger partial charge in [0.2, 0.25) is 0 Å². The first-order chi connectivity index (χ1) is 13.0. The Morgan fingerprint density at radius 1 is 1.00 bits per heavy atom. The zero-order valence-corrected chi connectivity index (χ0v) is 17.0. The van der Waals surface area contributed by atoms with Crippen molar-refractivity contribution in [3.05, 3.63) is 75.6 Å². The summed E-state index contributed by atoms with van der Waals surface area (Å²) in [6.07, 6.45) is 0.524. The minimum atomic E-state index is -0.413. The number of hydrogen-bond acceptors (Lipinski definition) is 4. The Kier molecular flexibility index (Phi) is 9.00. The van der Waals surface area contributed by atoms with Gasteiger partial charge < -0.3 is 9.15 Å². The minimum Gasteiger partial charge on any atom is -0.427 e. The van der Waals surface area contributed by atoms with Gasteiger partial charge in [0.25, 0.3) is 0 Å². The summed E-state index contributed by atoms with van der Waals surface area (Å²) in [6.45, 7) is 11.2. The standard InChI is InChI=1S/C19H16O4.2C2H6/c1-12-16-9-8-15(22-13(2)20)11-18(16)23-19(21)17(12)10-14-6-4-3-5-7-14;2*1-2/h3-9,11H,10H2,1-2H3;2*1-2H3. The van der Waals surface area contributed by atoms with Crippen molar-refractivity contribution in [2.45, 2.75) is 48.0 Å². The number of esters is 1. The van der Waals surface area contributed by atoms with E-state index < -0.39 is 5.97 Å². The Labute approximate surface area is 160 Å². The van der Waals surface area contributed by atoms with Crippen molar-refractivity contribution < 1.29 is 13.9 Å². The molecule has 0 N–H and O–H groups in total. The van der Waals surface area contributed by atoms with Crippen molar-refractivity contribution in [2.75, 3.05) is 0 Å². The lowest BCUT2D eigenvalue weighted by Gasteiger charge is -2.09. The van der Waals surface area contributed by atoms with Gasteiger partial charge in [0.15, 0.2) is 0 Å². The van der Waals surface area contributed by atoms with E-state index in [-0.39, 0.29) is 5.63 Å². The molecule has 0 aliphatic carbocycles. The molecule has 0 fully saturated rings. The Morgan fingerprint density at radius 3 is 2.22 bits per heavy atom. The quantitative estimate of drug-likeness (QED) is 0.339. The molecule has 0 spiro atoms. The molecule has 1 heterocycles. The zero-order valence-electron chi connectivity index (χ0n) is 17.0. The monoisotopic (exact) mass is 368 g/mol. The molecule has 0 aliphatic heterocycles. The van der Waals surface area contributed by atoms with Crippen LogP contribution in [0.1, 0.15) is 51.3 Å². The fraction of sp³-hybridized carbons (Fsp3) is 0.304. The van der Waals surface area contributed by atoms with Crippen LogP contribution in [0, 0.1) is 6.92 Å². The average molecular weight is 368 g/mol. The lowest BCUT2D eigenvalue weighted by Crippen LogP contribution is -2.11. The summed E-state index contributed by atoms with van der Waals surface area (Å²) in [6, 6.07) is 14.9. The highest BCUT2D eigenvalue weighted by Crippen LogP contribution is 2.25. The highest BCUT2D eigenvalue weighted by molar-refractivity contribution is 5.83. The smallest absolute Gasteiger partial charge is 0.340 e. The molecule has 144 valence electrons. The van der Waals surface area contributed by atoms with Gasteiger partial charge in [-0.3, -0.25) is 4.79 Å². The number of ether oxygens (including phenoxy) is 1. The van der Waals surface area contributed by atoms with Gasteiger partial charge in [0, 0.05) is 30.4 Å². The van der Waals surface area contributed by atoms with Gasteiger partial charge in [0.05, 0.1) is 0 Å². The molecular formula is C23H28O4. The number of rotatable bonds is 3. The highest BCUT2D eigenvalue weighted by atomic mass is 16.5. The summed E-state index contributed by atoms with van der Waals surface area (Å²) >= 11 is 0. The second kappa shape index (κ2) is 11.0. The lowest BCUT2D eigenvalue weighted by molar-refractivity contribution is -0.131. The van der Waals surface area contributed by atoms with Crippen LogP contribution in [0.2, 0.25) is 0 Å². The summed E-state index contributed by atoms with van der Waals surface area (Å²) in [5.74, 6) is -0.0486. The molecule has 2 aromatic carbocycles. The normalized spacial score (nSPS) is 9.56. The van der Waals surface area contributed by atoms with Gasteiger partial charge in [-0.05, 0) is 30.2 Å². The van der Waals surface area contributed by atoms with Crippen LogP contribution in [-0.2, 0) is 11.2 Å². The number of fused-ring (bicyclic) bond motifs is 1. The molecule has 0 saturated carbocycles. The Morgan fingerprint density at radius 2 is 1.63 bits per heavy atom. The average Bonchev–Trinajstić information content (AvgIpc) is 2.68. The topological polar surface area (TPSA) is 56.5 Å². The zero-order chi connectivity index (χ0) is 20.4. The molecule has 4 nitrogen and oxygen atoms in total. The van der Waals surface area contributed by atoms with Crippen LogP contribution in [0.5, 0.6) is 5.75 Å². The van der Waals surface area contributed by atoms with Crippen molar-refractivity contribution >= 4 is 16.9 Å². The molecule has 0 atom stereocenters. The van der Waals surface area contributed by atoms with Crippen LogP contribution in [0.15, 0.2) is 57.7 Å². The largest absolute Gasteiger partial charge is 0.427 e. The Balaban J connectivity index is 0.000000855. The van der Waals surface area contributed by atoms with E-state index in [1.54, 1.807) is 18.2 Å². The van der Waals surface area contributed by atoms with E-state index in [1.165, 1.54) is 6.92 Å². The first-order valence-corrected chi connectivity index (χ1v) is 9.33. The fourth-order valence-corrected chi connectivity index (χ4v) is 2.61. The molecule has 0 aliphatic rings. The van der Waals surface area contributed by atoms with Crippen LogP contribution < -0.4 is 10.4 Å². The fourth-order valence-electron chi connectivity index (χ4n) is 2.61. The van der Waals surface area contributed by atoms with Crippen molar-refractivity contribution in [1.82, 2.24) is 0 Å². The molecule has 0 unspecified atom stereocenters. The third-order valence-corrected chi connectivity index (χ3v) is 3.74. The summed E-state index contributed by atoms with van der Waals surface area (Å²) in [4.78, 5) is 23.3. The van der Waals surface area contributed by atoms with E-state index in [2.05, 4.69) is 0 Å². The van der Waals surface area contributed by atoms with Crippen molar-refractivity contribution in [1.29, 1.82) is 0 Å².